The number of pyridine rings is 1. The minimum Gasteiger partial charge on any atom is -0.261 e. The molecule has 1 atom stereocenters. The topological polar surface area (TPSA) is 12.9 Å². The lowest BCUT2D eigenvalue weighted by atomic mass is 9.98. The maximum absolute atomic E-state index is 4.44. The van der Waals surface area contributed by atoms with Crippen molar-refractivity contribution in [2.75, 3.05) is 0 Å². The first-order chi connectivity index (χ1) is 9.84. The number of nitrogens with zero attached hydrogens (tertiary/aromatic N) is 1. The maximum atomic E-state index is 4.44. The summed E-state index contributed by atoms with van der Waals surface area (Å²) in [6, 6.07) is 6.25. The molecule has 2 heteroatoms. The highest BCUT2D eigenvalue weighted by Crippen LogP contribution is 2.20. The molecule has 0 N–H and O–H groups in total. The number of rotatable bonds is 12. The van der Waals surface area contributed by atoms with Crippen LogP contribution < -0.4 is 0 Å². The zero-order valence-electron chi connectivity index (χ0n) is 14.0. The van der Waals surface area contributed by atoms with E-state index >= 15 is 0 Å². The van der Waals surface area contributed by atoms with E-state index in [0.29, 0.717) is 5.92 Å². The molecule has 0 saturated carbocycles. The second-order valence-corrected chi connectivity index (χ2v) is 6.13. The third kappa shape index (κ3) is 10.8. The van der Waals surface area contributed by atoms with E-state index in [2.05, 4.69) is 31.0 Å². The Hall–Kier alpha value is -0.560. The van der Waals surface area contributed by atoms with Crippen LogP contribution in [-0.2, 0) is 0 Å². The zero-order chi connectivity index (χ0) is 14.5. The van der Waals surface area contributed by atoms with Gasteiger partial charge in [0.15, 0.2) is 0 Å². The molecule has 0 saturated heterocycles. The van der Waals surface area contributed by atoms with Crippen LogP contribution in [0.5, 0.6) is 0 Å². The average molecular weight is 312 g/mol. The summed E-state index contributed by atoms with van der Waals surface area (Å²) in [6.07, 6.45) is 17.4. The lowest BCUT2D eigenvalue weighted by molar-refractivity contribution is 0.532. The van der Waals surface area contributed by atoms with Crippen molar-refractivity contribution in [3.63, 3.8) is 0 Å². The van der Waals surface area contributed by atoms with E-state index in [4.69, 9.17) is 0 Å². The summed E-state index contributed by atoms with van der Waals surface area (Å²) in [5, 5.41) is 0. The molecule has 1 aromatic heterocycles. The van der Waals surface area contributed by atoms with Gasteiger partial charge < -0.3 is 0 Å². The van der Waals surface area contributed by atoms with Crippen molar-refractivity contribution in [2.45, 2.75) is 90.4 Å². The normalized spacial score (nSPS) is 11.9. The van der Waals surface area contributed by atoms with Gasteiger partial charge in [-0.15, -0.1) is 12.4 Å². The maximum Gasteiger partial charge on any atom is 0.0431 e. The molecule has 0 bridgehead atoms. The predicted octanol–water partition coefficient (Wildman–Crippen LogP) is 6.92. The third-order valence-corrected chi connectivity index (χ3v) is 4.18. The molecule has 1 heterocycles. The Kier molecular flexibility index (Phi) is 14.0. The second-order valence-electron chi connectivity index (χ2n) is 6.13. The second kappa shape index (κ2) is 14.4. The smallest absolute Gasteiger partial charge is 0.0431 e. The van der Waals surface area contributed by atoms with Gasteiger partial charge in [0.2, 0.25) is 0 Å². The van der Waals surface area contributed by atoms with Crippen LogP contribution in [0.2, 0.25) is 0 Å². The molecule has 0 aliphatic heterocycles. The van der Waals surface area contributed by atoms with Crippen LogP contribution >= 0.6 is 12.4 Å². The van der Waals surface area contributed by atoms with E-state index in [1.807, 2.05) is 12.3 Å². The Morgan fingerprint density at radius 1 is 0.857 bits per heavy atom. The fourth-order valence-corrected chi connectivity index (χ4v) is 2.75. The molecule has 0 aliphatic carbocycles. The van der Waals surface area contributed by atoms with Crippen molar-refractivity contribution in [1.82, 2.24) is 4.98 Å². The van der Waals surface area contributed by atoms with E-state index in [-0.39, 0.29) is 12.4 Å². The summed E-state index contributed by atoms with van der Waals surface area (Å²) in [6.45, 7) is 4.59. The molecule has 0 aliphatic rings. The van der Waals surface area contributed by atoms with Gasteiger partial charge in [0, 0.05) is 11.9 Å². The number of aromatic nitrogens is 1. The molecule has 0 radical (unpaired) electrons. The molecule has 0 fully saturated rings. The van der Waals surface area contributed by atoms with Crippen molar-refractivity contribution >= 4 is 12.4 Å². The summed E-state index contributed by atoms with van der Waals surface area (Å²) in [5.74, 6) is 0.616. The average Bonchev–Trinajstić information content (AvgIpc) is 2.50. The van der Waals surface area contributed by atoms with Gasteiger partial charge in [-0.25, -0.2) is 0 Å². The first-order valence-electron chi connectivity index (χ1n) is 8.75. The van der Waals surface area contributed by atoms with Gasteiger partial charge in [0.25, 0.3) is 0 Å². The third-order valence-electron chi connectivity index (χ3n) is 4.18. The predicted molar refractivity (Wildman–Crippen MR) is 96.4 cm³/mol. The van der Waals surface area contributed by atoms with Gasteiger partial charge >= 0.3 is 0 Å². The first-order valence-corrected chi connectivity index (χ1v) is 8.75. The summed E-state index contributed by atoms with van der Waals surface area (Å²) >= 11 is 0. The SMILES string of the molecule is CCCCCCCCCCCCC(C)c1ccccn1.Cl. The van der Waals surface area contributed by atoms with Crippen LogP contribution in [0.3, 0.4) is 0 Å². The van der Waals surface area contributed by atoms with E-state index < -0.39 is 0 Å². The Bertz CT molecular complexity index is 313. The highest BCUT2D eigenvalue weighted by molar-refractivity contribution is 5.85. The first kappa shape index (κ1) is 20.4. The van der Waals surface area contributed by atoms with Crippen molar-refractivity contribution in [3.8, 4) is 0 Å². The van der Waals surface area contributed by atoms with Gasteiger partial charge in [-0.2, -0.15) is 0 Å². The molecule has 0 amide bonds. The molecule has 0 spiro atoms. The van der Waals surface area contributed by atoms with Crippen LogP contribution in [0.4, 0.5) is 0 Å². The van der Waals surface area contributed by atoms with Crippen LogP contribution in [0.15, 0.2) is 24.4 Å². The number of hydrogen-bond acceptors (Lipinski definition) is 1. The van der Waals surface area contributed by atoms with Crippen molar-refractivity contribution in [2.24, 2.45) is 0 Å². The lowest BCUT2D eigenvalue weighted by Crippen LogP contribution is -1.96. The fraction of sp³-hybridized carbons (Fsp3) is 0.737. The Balaban J connectivity index is 0.00000400. The molecule has 1 nitrogen and oxygen atoms in total. The highest BCUT2D eigenvalue weighted by Gasteiger charge is 2.05. The van der Waals surface area contributed by atoms with E-state index in [1.54, 1.807) is 0 Å². The summed E-state index contributed by atoms with van der Waals surface area (Å²) in [4.78, 5) is 4.44. The number of hydrogen-bond donors (Lipinski definition) is 0. The van der Waals surface area contributed by atoms with E-state index in [1.165, 1.54) is 76.3 Å². The quantitative estimate of drug-likeness (QED) is 0.382. The standard InChI is InChI=1S/C19H33N.ClH/c1-3-4-5-6-7-8-9-10-11-12-15-18(2)19-16-13-14-17-20-19;/h13-14,16-18H,3-12,15H2,1-2H3;1H. The highest BCUT2D eigenvalue weighted by atomic mass is 35.5. The molecule has 0 aromatic carbocycles. The van der Waals surface area contributed by atoms with Gasteiger partial charge in [0.1, 0.15) is 0 Å². The van der Waals surface area contributed by atoms with Crippen molar-refractivity contribution < 1.29 is 0 Å². The van der Waals surface area contributed by atoms with Gasteiger partial charge in [-0.05, 0) is 24.5 Å². The largest absolute Gasteiger partial charge is 0.261 e. The molecular weight excluding hydrogens is 278 g/mol. The van der Waals surface area contributed by atoms with E-state index in [9.17, 15) is 0 Å². The van der Waals surface area contributed by atoms with Crippen LogP contribution in [-0.4, -0.2) is 4.98 Å². The number of unbranched alkanes of at least 4 members (excludes halogenated alkanes) is 9. The monoisotopic (exact) mass is 311 g/mol. The Morgan fingerprint density at radius 3 is 1.95 bits per heavy atom. The van der Waals surface area contributed by atoms with Gasteiger partial charge in [0.05, 0.1) is 0 Å². The van der Waals surface area contributed by atoms with Crippen LogP contribution in [0.25, 0.3) is 0 Å². The van der Waals surface area contributed by atoms with Crippen LogP contribution in [0.1, 0.15) is 96.1 Å². The summed E-state index contributed by atoms with van der Waals surface area (Å²) in [5.41, 5.74) is 1.25. The molecule has 1 unspecified atom stereocenters. The fourth-order valence-electron chi connectivity index (χ4n) is 2.75. The molecule has 1 rings (SSSR count). The minimum atomic E-state index is 0. The summed E-state index contributed by atoms with van der Waals surface area (Å²) < 4.78 is 0. The minimum absolute atomic E-state index is 0. The number of halogens is 1. The zero-order valence-corrected chi connectivity index (χ0v) is 14.8. The molecular formula is C19H34ClN. The summed E-state index contributed by atoms with van der Waals surface area (Å²) in [7, 11) is 0. The van der Waals surface area contributed by atoms with E-state index in [0.717, 1.165) is 0 Å². The molecule has 122 valence electrons. The Labute approximate surface area is 138 Å². The van der Waals surface area contributed by atoms with Crippen LogP contribution in [0, 0.1) is 0 Å². The molecule has 21 heavy (non-hydrogen) atoms. The van der Waals surface area contributed by atoms with Crippen molar-refractivity contribution in [1.29, 1.82) is 0 Å². The van der Waals surface area contributed by atoms with Gasteiger partial charge in [-0.1, -0.05) is 84.1 Å². The molecule has 1 aromatic rings. The van der Waals surface area contributed by atoms with Crippen molar-refractivity contribution in [3.05, 3.63) is 30.1 Å². The van der Waals surface area contributed by atoms with Gasteiger partial charge in [-0.3, -0.25) is 4.98 Å². The lowest BCUT2D eigenvalue weighted by Gasteiger charge is -2.10. The Morgan fingerprint density at radius 2 is 1.43 bits per heavy atom.